The summed E-state index contributed by atoms with van der Waals surface area (Å²) in [5.41, 5.74) is 1.27. The van der Waals surface area contributed by atoms with E-state index < -0.39 is 6.10 Å². The molecule has 154 valence electrons. The first-order chi connectivity index (χ1) is 13.7. The van der Waals surface area contributed by atoms with E-state index in [1.807, 2.05) is 29.6 Å². The molecule has 0 saturated carbocycles. The fourth-order valence-electron chi connectivity index (χ4n) is 3.49. The van der Waals surface area contributed by atoms with Gasteiger partial charge in [0.2, 0.25) is 0 Å². The molecular weight excluding hydrogens is 425 g/mol. The molecule has 2 atom stereocenters. The second-order valence-corrected chi connectivity index (χ2v) is 12.7. The summed E-state index contributed by atoms with van der Waals surface area (Å²) in [7, 11) is 1.71. The monoisotopic (exact) mass is 454 g/mol. The average Bonchev–Trinajstić information content (AvgIpc) is 3.17. The lowest BCUT2D eigenvalue weighted by atomic mass is 10.1. The van der Waals surface area contributed by atoms with Crippen LogP contribution < -0.4 is 4.74 Å². The molecule has 2 heterocycles. The van der Waals surface area contributed by atoms with Crippen molar-refractivity contribution in [2.24, 2.45) is 0 Å². The van der Waals surface area contributed by atoms with Crippen molar-refractivity contribution in [3.8, 4) is 17.6 Å². The smallest absolute Gasteiger partial charge is 0.119 e. The molecule has 2 aliphatic heterocycles. The van der Waals surface area contributed by atoms with E-state index in [9.17, 15) is 5.11 Å². The maximum atomic E-state index is 10.4. The van der Waals surface area contributed by atoms with Crippen molar-refractivity contribution in [3.05, 3.63) is 29.8 Å². The van der Waals surface area contributed by atoms with Gasteiger partial charge in [-0.2, -0.15) is 23.5 Å². The van der Waals surface area contributed by atoms with Crippen LogP contribution in [0.3, 0.4) is 0 Å². The Labute approximate surface area is 187 Å². The fraction of sp³-hybridized carbons (Fsp3) is 0.636. The van der Waals surface area contributed by atoms with E-state index in [4.69, 9.17) is 4.74 Å². The predicted octanol–water partition coefficient (Wildman–Crippen LogP) is 5.49. The molecule has 1 aromatic rings. The summed E-state index contributed by atoms with van der Waals surface area (Å²) in [6, 6.07) is 8.36. The van der Waals surface area contributed by atoms with Gasteiger partial charge in [0.15, 0.2) is 0 Å². The Morgan fingerprint density at radius 3 is 2.89 bits per heavy atom. The summed E-state index contributed by atoms with van der Waals surface area (Å²) >= 11 is 8.10. The number of hydrogen-bond acceptors (Lipinski definition) is 6. The van der Waals surface area contributed by atoms with Gasteiger partial charge in [0, 0.05) is 34.7 Å². The van der Waals surface area contributed by atoms with Crippen LogP contribution in [0.25, 0.3) is 0 Å². The van der Waals surface area contributed by atoms with Crippen LogP contribution in [0.5, 0.6) is 5.75 Å². The minimum Gasteiger partial charge on any atom is -0.497 e. The van der Waals surface area contributed by atoms with Crippen LogP contribution in [0, 0.1) is 11.8 Å². The van der Waals surface area contributed by atoms with E-state index in [-0.39, 0.29) is 4.08 Å². The molecule has 6 heteroatoms. The lowest BCUT2D eigenvalue weighted by Crippen LogP contribution is -2.15. The van der Waals surface area contributed by atoms with Crippen molar-refractivity contribution in [2.75, 3.05) is 35.9 Å². The third-order valence-electron chi connectivity index (χ3n) is 5.01. The minimum atomic E-state index is -0.501. The van der Waals surface area contributed by atoms with Crippen LogP contribution in [0.15, 0.2) is 24.3 Å². The summed E-state index contributed by atoms with van der Waals surface area (Å²) in [6.45, 7) is 0. The van der Waals surface area contributed by atoms with Gasteiger partial charge >= 0.3 is 0 Å². The lowest BCUT2D eigenvalue weighted by Gasteiger charge is -2.26. The van der Waals surface area contributed by atoms with Crippen LogP contribution in [0.4, 0.5) is 0 Å². The van der Waals surface area contributed by atoms with Gasteiger partial charge in [0.05, 0.1) is 11.2 Å². The number of ether oxygens (including phenoxy) is 1. The van der Waals surface area contributed by atoms with Crippen molar-refractivity contribution >= 4 is 47.0 Å². The molecule has 2 fully saturated rings. The summed E-state index contributed by atoms with van der Waals surface area (Å²) < 4.78 is 5.38. The van der Waals surface area contributed by atoms with E-state index in [1.165, 1.54) is 35.7 Å². The van der Waals surface area contributed by atoms with Crippen molar-refractivity contribution < 1.29 is 9.84 Å². The van der Waals surface area contributed by atoms with Crippen molar-refractivity contribution in [3.63, 3.8) is 0 Å². The highest BCUT2D eigenvalue weighted by molar-refractivity contribution is 8.20. The Morgan fingerprint density at radius 1 is 1.21 bits per heavy atom. The fourth-order valence-corrected chi connectivity index (χ4v) is 8.98. The van der Waals surface area contributed by atoms with Gasteiger partial charge in [0.1, 0.15) is 11.9 Å². The zero-order chi connectivity index (χ0) is 19.7. The molecule has 1 N–H and O–H groups in total. The van der Waals surface area contributed by atoms with E-state index in [0.29, 0.717) is 5.25 Å². The van der Waals surface area contributed by atoms with Crippen molar-refractivity contribution in [2.45, 2.75) is 47.5 Å². The number of benzene rings is 1. The first-order valence-electron chi connectivity index (χ1n) is 10.00. The van der Waals surface area contributed by atoms with Crippen LogP contribution in [0.2, 0.25) is 0 Å². The molecule has 0 radical (unpaired) electrons. The van der Waals surface area contributed by atoms with E-state index in [1.54, 1.807) is 7.11 Å². The third kappa shape index (κ3) is 6.74. The predicted molar refractivity (Wildman–Crippen MR) is 130 cm³/mol. The van der Waals surface area contributed by atoms with Crippen LogP contribution in [-0.4, -0.2) is 52.3 Å². The molecule has 0 aliphatic carbocycles. The number of methoxy groups -OCH3 is 1. The molecule has 2 nitrogen and oxygen atoms in total. The van der Waals surface area contributed by atoms with Crippen LogP contribution >= 0.6 is 47.0 Å². The van der Waals surface area contributed by atoms with Gasteiger partial charge in [0.25, 0.3) is 0 Å². The summed E-state index contributed by atoms with van der Waals surface area (Å²) in [5, 5.41) is 11.1. The van der Waals surface area contributed by atoms with Crippen LogP contribution in [0.1, 0.15) is 37.7 Å². The van der Waals surface area contributed by atoms with Gasteiger partial charge in [-0.1, -0.05) is 24.0 Å². The maximum Gasteiger partial charge on any atom is 0.119 e. The maximum absolute atomic E-state index is 10.4. The number of rotatable bonds is 6. The average molecular weight is 455 g/mol. The molecule has 0 spiro atoms. The van der Waals surface area contributed by atoms with Crippen molar-refractivity contribution in [1.29, 1.82) is 0 Å². The van der Waals surface area contributed by atoms with Gasteiger partial charge in [-0.25, -0.2) is 0 Å². The Hall–Kier alpha value is -0.0600. The quantitative estimate of drug-likeness (QED) is 0.572. The molecule has 0 aromatic heterocycles. The highest BCUT2D eigenvalue weighted by Gasteiger charge is 2.37. The highest BCUT2D eigenvalue weighted by Crippen LogP contribution is 2.54. The second kappa shape index (κ2) is 12.0. The van der Waals surface area contributed by atoms with Crippen LogP contribution in [-0.2, 0) is 4.08 Å². The highest BCUT2D eigenvalue weighted by atomic mass is 32.2. The number of aliphatic hydroxyl groups excluding tert-OH is 1. The van der Waals surface area contributed by atoms with Gasteiger partial charge in [-0.05, 0) is 49.1 Å². The number of thioether (sulfide) groups is 4. The summed E-state index contributed by atoms with van der Waals surface area (Å²) in [4.78, 5) is 0. The SMILES string of the molecule is COc1cccc(C2(CC#CC(O)CCC3CCCSCCS3)SCCS2)c1. The first-order valence-corrected chi connectivity index (χ1v) is 14.2. The minimum absolute atomic E-state index is 0.0334. The molecule has 2 saturated heterocycles. The number of hydrogen-bond donors (Lipinski definition) is 1. The topological polar surface area (TPSA) is 29.5 Å². The summed E-state index contributed by atoms with van der Waals surface area (Å²) in [5.74, 6) is 13.4. The van der Waals surface area contributed by atoms with Crippen molar-refractivity contribution in [1.82, 2.24) is 0 Å². The number of aliphatic hydroxyl groups is 1. The van der Waals surface area contributed by atoms with E-state index >= 15 is 0 Å². The normalized spacial score (nSPS) is 23.1. The third-order valence-corrected chi connectivity index (χ3v) is 11.2. The Bertz CT molecular complexity index is 656. The molecule has 0 bridgehead atoms. The molecule has 2 aliphatic rings. The van der Waals surface area contributed by atoms with Gasteiger partial charge in [-0.15, -0.1) is 23.5 Å². The second-order valence-electron chi connectivity index (χ2n) is 7.02. The molecule has 1 aromatic carbocycles. The molecule has 3 rings (SSSR count). The lowest BCUT2D eigenvalue weighted by molar-refractivity contribution is 0.218. The Kier molecular flexibility index (Phi) is 9.66. The van der Waals surface area contributed by atoms with Gasteiger partial charge in [-0.3, -0.25) is 0 Å². The largest absolute Gasteiger partial charge is 0.497 e. The Balaban J connectivity index is 1.54. The van der Waals surface area contributed by atoms with E-state index in [2.05, 4.69) is 53.6 Å². The zero-order valence-electron chi connectivity index (χ0n) is 16.5. The summed E-state index contributed by atoms with van der Waals surface area (Å²) in [6.07, 6.45) is 4.73. The first kappa shape index (κ1) is 22.6. The van der Waals surface area contributed by atoms with E-state index in [0.717, 1.165) is 36.5 Å². The standard InChI is InChI=1S/C22H30O2S4/c1-24-20-7-2-5-18(17-20)22(27-15-16-28-22)11-3-6-19(23)9-10-21-8-4-12-25-13-14-26-21/h2,5,7,17,19,21,23H,4,8-16H2,1H3. The molecule has 28 heavy (non-hydrogen) atoms. The molecular formula is C22H30O2S4. The van der Waals surface area contributed by atoms with Gasteiger partial charge < -0.3 is 9.84 Å². The zero-order valence-corrected chi connectivity index (χ0v) is 19.8. The molecule has 2 unspecified atom stereocenters. The Morgan fingerprint density at radius 2 is 2.07 bits per heavy atom. The molecule has 0 amide bonds.